The molecule has 2 atom stereocenters. The first-order valence-electron chi connectivity index (χ1n) is 27.1. The minimum Gasteiger partial charge on any atom is -0.462 e. The highest BCUT2D eigenvalue weighted by Crippen LogP contribution is 2.43. The van der Waals surface area contributed by atoms with Crippen LogP contribution in [0.3, 0.4) is 0 Å². The third kappa shape index (κ3) is 51.2. The van der Waals surface area contributed by atoms with Crippen molar-refractivity contribution in [1.82, 2.24) is 0 Å². The van der Waals surface area contributed by atoms with Gasteiger partial charge in [0.1, 0.15) is 6.61 Å². The molecule has 0 saturated heterocycles. The number of phosphoric ester groups is 1. The number of phosphoric acid groups is 1. The van der Waals surface area contributed by atoms with Gasteiger partial charge in [-0.25, -0.2) is 4.57 Å². The number of hydrogen-bond donors (Lipinski definition) is 2. The van der Waals surface area contributed by atoms with Crippen LogP contribution in [0.1, 0.15) is 258 Å². The summed E-state index contributed by atoms with van der Waals surface area (Å²) < 4.78 is 32.8. The van der Waals surface area contributed by atoms with Gasteiger partial charge in [0.25, 0.3) is 0 Å². The lowest BCUT2D eigenvalue weighted by atomic mass is 10.0. The van der Waals surface area contributed by atoms with Crippen molar-refractivity contribution in [2.24, 2.45) is 5.73 Å². The first kappa shape index (κ1) is 63.0. The minimum absolute atomic E-state index is 0.0426. The zero-order valence-electron chi connectivity index (χ0n) is 42.2. The molecule has 0 spiro atoms. The molecule has 0 aliphatic rings. The average molecular weight is 936 g/mol. The van der Waals surface area contributed by atoms with E-state index in [2.05, 4.69) is 50.3 Å². The number of ether oxygens (including phenoxy) is 2. The lowest BCUT2D eigenvalue weighted by Gasteiger charge is -2.19. The lowest BCUT2D eigenvalue weighted by Crippen LogP contribution is -2.29. The number of unbranched alkanes of at least 4 members (excludes halogenated alkanes) is 30. The molecule has 0 aromatic rings. The molecule has 0 amide bonds. The van der Waals surface area contributed by atoms with Gasteiger partial charge in [-0.05, 0) is 38.5 Å². The second-order valence-corrected chi connectivity index (χ2v) is 19.5. The molecule has 0 aromatic heterocycles. The Labute approximate surface area is 400 Å². The SMILES string of the molecule is CC/C=C\C/C=C\C/C=C\C/C=C\CCC(=O)OC(COC(=O)CCCCCCCCCCCCCCCCCCCCCCCCCCCCCCCCC)COP(=O)(O)OCCN. The predicted molar refractivity (Wildman–Crippen MR) is 275 cm³/mol. The highest BCUT2D eigenvalue weighted by Gasteiger charge is 2.26. The van der Waals surface area contributed by atoms with Crippen LogP contribution in [0.2, 0.25) is 0 Å². The topological polar surface area (TPSA) is 134 Å². The fourth-order valence-corrected chi connectivity index (χ4v) is 8.53. The number of carbonyl (C=O) groups excluding carboxylic acids is 2. The molecule has 0 aromatic carbocycles. The maximum Gasteiger partial charge on any atom is 0.472 e. The molecule has 380 valence electrons. The average Bonchev–Trinajstić information content (AvgIpc) is 3.30. The summed E-state index contributed by atoms with van der Waals surface area (Å²) in [6.45, 7) is 3.56. The first-order chi connectivity index (χ1) is 31.8. The monoisotopic (exact) mass is 936 g/mol. The Morgan fingerprint density at radius 1 is 0.477 bits per heavy atom. The zero-order chi connectivity index (χ0) is 47.4. The van der Waals surface area contributed by atoms with E-state index in [-0.39, 0.29) is 32.6 Å². The molecule has 0 rings (SSSR count). The van der Waals surface area contributed by atoms with Crippen LogP contribution < -0.4 is 5.73 Å². The Morgan fingerprint density at radius 3 is 1.23 bits per heavy atom. The molecular weight excluding hydrogens is 834 g/mol. The van der Waals surface area contributed by atoms with Crippen molar-refractivity contribution >= 4 is 19.8 Å². The molecule has 0 saturated carbocycles. The van der Waals surface area contributed by atoms with Crippen molar-refractivity contribution in [3.63, 3.8) is 0 Å². The fourth-order valence-electron chi connectivity index (χ4n) is 7.77. The summed E-state index contributed by atoms with van der Waals surface area (Å²) in [6.07, 6.45) is 62.2. The van der Waals surface area contributed by atoms with Crippen molar-refractivity contribution in [3.05, 3.63) is 48.6 Å². The molecule has 65 heavy (non-hydrogen) atoms. The van der Waals surface area contributed by atoms with Gasteiger partial charge < -0.3 is 20.1 Å². The molecule has 2 unspecified atom stereocenters. The van der Waals surface area contributed by atoms with Crippen LogP contribution in [-0.2, 0) is 32.7 Å². The summed E-state index contributed by atoms with van der Waals surface area (Å²) >= 11 is 0. The van der Waals surface area contributed by atoms with Gasteiger partial charge >= 0.3 is 19.8 Å². The van der Waals surface area contributed by atoms with Crippen LogP contribution in [0.5, 0.6) is 0 Å². The molecule has 0 aliphatic carbocycles. The van der Waals surface area contributed by atoms with Gasteiger partial charge in [-0.3, -0.25) is 18.6 Å². The summed E-state index contributed by atoms with van der Waals surface area (Å²) in [5, 5.41) is 0. The van der Waals surface area contributed by atoms with Gasteiger partial charge in [-0.2, -0.15) is 0 Å². The molecule has 0 fully saturated rings. The van der Waals surface area contributed by atoms with E-state index < -0.39 is 32.5 Å². The summed E-state index contributed by atoms with van der Waals surface area (Å²) in [7, 11) is -4.40. The van der Waals surface area contributed by atoms with Crippen molar-refractivity contribution in [2.45, 2.75) is 264 Å². The van der Waals surface area contributed by atoms with E-state index >= 15 is 0 Å². The Kier molecular flexibility index (Phi) is 49.8. The van der Waals surface area contributed by atoms with Crippen molar-refractivity contribution in [1.29, 1.82) is 0 Å². The molecule has 0 radical (unpaired) electrons. The van der Waals surface area contributed by atoms with Crippen molar-refractivity contribution < 1.29 is 37.6 Å². The highest BCUT2D eigenvalue weighted by molar-refractivity contribution is 7.47. The Hall–Kier alpha value is -2.03. The zero-order valence-corrected chi connectivity index (χ0v) is 43.1. The van der Waals surface area contributed by atoms with Gasteiger partial charge in [0.2, 0.25) is 0 Å². The van der Waals surface area contributed by atoms with Gasteiger partial charge in [-0.15, -0.1) is 0 Å². The Bertz CT molecular complexity index is 1200. The number of nitrogens with two attached hydrogens (primary N) is 1. The van der Waals surface area contributed by atoms with E-state index in [1.54, 1.807) is 0 Å². The second kappa shape index (κ2) is 51.4. The molecule has 3 N–H and O–H groups in total. The van der Waals surface area contributed by atoms with E-state index in [0.717, 1.165) is 44.9 Å². The summed E-state index contributed by atoms with van der Waals surface area (Å²) in [6, 6.07) is 0. The van der Waals surface area contributed by atoms with Crippen molar-refractivity contribution in [3.8, 4) is 0 Å². The number of rotatable bonds is 51. The van der Waals surface area contributed by atoms with Gasteiger partial charge in [0.15, 0.2) is 6.10 Å². The predicted octanol–water partition coefficient (Wildman–Crippen LogP) is 16.6. The Morgan fingerprint density at radius 2 is 0.846 bits per heavy atom. The first-order valence-corrected chi connectivity index (χ1v) is 28.6. The van der Waals surface area contributed by atoms with Crippen LogP contribution in [0.4, 0.5) is 0 Å². The molecule has 10 heteroatoms. The standard InChI is InChI=1S/C55H102NO8P/c1-3-5-7-9-11-13-15-17-18-19-20-21-22-23-24-25-26-27-28-29-30-31-32-33-34-36-37-39-41-43-45-47-54(57)61-51-53(52-63-65(59,60)62-50-49-56)64-55(58)48-46-44-42-40-38-35-16-14-12-10-8-6-4-2/h6,8,12,14,35,38,42,44,53H,3-5,7,9-11,13,15-34,36-37,39-41,43,45-52,56H2,1-2H3,(H,59,60)/b8-6-,14-12-,38-35-,44-42-. The second-order valence-electron chi connectivity index (χ2n) is 18.1. The van der Waals surface area contributed by atoms with Crippen LogP contribution in [0, 0.1) is 0 Å². The maximum absolute atomic E-state index is 12.6. The van der Waals surface area contributed by atoms with Gasteiger partial charge in [0.05, 0.1) is 13.2 Å². The van der Waals surface area contributed by atoms with Crippen LogP contribution in [0.25, 0.3) is 0 Å². The van der Waals surface area contributed by atoms with E-state index in [9.17, 15) is 19.0 Å². The smallest absolute Gasteiger partial charge is 0.462 e. The highest BCUT2D eigenvalue weighted by atomic mass is 31.2. The Balaban J connectivity index is 3.86. The molecule has 0 heterocycles. The van der Waals surface area contributed by atoms with Crippen LogP contribution in [-0.4, -0.2) is 49.3 Å². The molecular formula is C55H102NO8P. The van der Waals surface area contributed by atoms with E-state index in [4.69, 9.17) is 24.3 Å². The quantitative estimate of drug-likeness (QED) is 0.0265. The number of esters is 2. The van der Waals surface area contributed by atoms with E-state index in [0.29, 0.717) is 6.42 Å². The molecule has 0 bridgehead atoms. The third-order valence-corrected chi connectivity index (χ3v) is 12.7. The lowest BCUT2D eigenvalue weighted by molar-refractivity contribution is -0.161. The summed E-state index contributed by atoms with van der Waals surface area (Å²) in [4.78, 5) is 34.9. The number of allylic oxidation sites excluding steroid dienone is 8. The van der Waals surface area contributed by atoms with Crippen LogP contribution in [0.15, 0.2) is 48.6 Å². The van der Waals surface area contributed by atoms with E-state index in [1.165, 1.54) is 180 Å². The minimum atomic E-state index is -4.40. The van der Waals surface area contributed by atoms with Gasteiger partial charge in [-0.1, -0.05) is 255 Å². The van der Waals surface area contributed by atoms with E-state index in [1.807, 2.05) is 12.2 Å². The third-order valence-electron chi connectivity index (χ3n) is 11.7. The normalized spacial score (nSPS) is 13.5. The molecule has 9 nitrogen and oxygen atoms in total. The number of carbonyl (C=O) groups is 2. The van der Waals surface area contributed by atoms with Gasteiger partial charge in [0, 0.05) is 19.4 Å². The van der Waals surface area contributed by atoms with Crippen molar-refractivity contribution in [2.75, 3.05) is 26.4 Å². The maximum atomic E-state index is 12.6. The number of hydrogen-bond acceptors (Lipinski definition) is 8. The molecule has 0 aliphatic heterocycles. The fraction of sp³-hybridized carbons (Fsp3) is 0.818. The summed E-state index contributed by atoms with van der Waals surface area (Å²) in [5.74, 6) is -0.915. The largest absolute Gasteiger partial charge is 0.472 e. The summed E-state index contributed by atoms with van der Waals surface area (Å²) in [5.41, 5.74) is 5.35. The van der Waals surface area contributed by atoms with Crippen LogP contribution >= 0.6 is 7.82 Å².